The molecule has 0 atom stereocenters. The second-order valence-corrected chi connectivity index (χ2v) is 8.04. The number of carbonyl (C=O) groups excluding carboxylic acids is 1. The van der Waals surface area contributed by atoms with Gasteiger partial charge in [0.15, 0.2) is 11.5 Å². The van der Waals surface area contributed by atoms with Crippen LogP contribution in [0.25, 0.3) is 5.65 Å². The van der Waals surface area contributed by atoms with Crippen molar-refractivity contribution in [1.82, 2.24) is 24.7 Å². The minimum atomic E-state index is -0.521. The smallest absolute Gasteiger partial charge is 0.262 e. The Morgan fingerprint density at radius 1 is 1.34 bits per heavy atom. The Kier molecular flexibility index (Phi) is 6.50. The zero-order valence-corrected chi connectivity index (χ0v) is 18.6. The third-order valence-electron chi connectivity index (χ3n) is 5.48. The maximum absolute atomic E-state index is 14.4. The highest BCUT2D eigenvalue weighted by molar-refractivity contribution is 6.05. The van der Waals surface area contributed by atoms with Crippen LogP contribution in [0.5, 0.6) is 5.88 Å². The molecule has 170 valence electrons. The minimum Gasteiger partial charge on any atom is -0.477 e. The number of aromatic nitrogens is 4. The summed E-state index contributed by atoms with van der Waals surface area (Å²) < 4.78 is 21.5. The van der Waals surface area contributed by atoms with E-state index >= 15 is 0 Å². The summed E-state index contributed by atoms with van der Waals surface area (Å²) >= 11 is 0. The van der Waals surface area contributed by atoms with Gasteiger partial charge in [0, 0.05) is 38.2 Å². The summed E-state index contributed by atoms with van der Waals surface area (Å²) in [6, 6.07) is 1.24. The Balaban J connectivity index is 1.53. The Morgan fingerprint density at radius 2 is 2.12 bits per heavy atom. The molecule has 10 heteroatoms. The van der Waals surface area contributed by atoms with Gasteiger partial charge < -0.3 is 24.7 Å². The van der Waals surface area contributed by atoms with Crippen molar-refractivity contribution >= 4 is 23.2 Å². The molecule has 0 aliphatic carbocycles. The van der Waals surface area contributed by atoms with Gasteiger partial charge in [-0.2, -0.15) is 4.98 Å². The zero-order valence-electron chi connectivity index (χ0n) is 18.6. The lowest BCUT2D eigenvalue weighted by Crippen LogP contribution is -2.35. The highest BCUT2D eigenvalue weighted by Crippen LogP contribution is 2.23. The molecule has 4 heterocycles. The number of hydrogen-bond acceptors (Lipinski definition) is 7. The van der Waals surface area contributed by atoms with E-state index in [1.165, 1.54) is 12.3 Å². The van der Waals surface area contributed by atoms with Gasteiger partial charge in [-0.05, 0) is 45.7 Å². The van der Waals surface area contributed by atoms with Crippen molar-refractivity contribution < 1.29 is 13.9 Å². The number of nitrogens with one attached hydrogen (secondary N) is 2. The first kappa shape index (κ1) is 21.9. The second-order valence-electron chi connectivity index (χ2n) is 8.04. The van der Waals surface area contributed by atoms with Gasteiger partial charge >= 0.3 is 0 Å². The predicted octanol–water partition coefficient (Wildman–Crippen LogP) is 2.66. The van der Waals surface area contributed by atoms with Gasteiger partial charge in [-0.3, -0.25) is 4.79 Å². The Labute approximate surface area is 186 Å². The molecule has 0 bridgehead atoms. The molecule has 1 fully saturated rings. The highest BCUT2D eigenvalue weighted by atomic mass is 19.1. The van der Waals surface area contributed by atoms with Gasteiger partial charge in [-0.25, -0.2) is 14.4 Å². The van der Waals surface area contributed by atoms with Gasteiger partial charge in [0.2, 0.25) is 11.8 Å². The molecule has 0 radical (unpaired) electrons. The largest absolute Gasteiger partial charge is 0.477 e. The highest BCUT2D eigenvalue weighted by Gasteiger charge is 2.21. The Bertz CT molecular complexity index is 1110. The van der Waals surface area contributed by atoms with Crippen LogP contribution in [0.15, 0.2) is 24.7 Å². The van der Waals surface area contributed by atoms with Crippen molar-refractivity contribution in [2.45, 2.75) is 26.7 Å². The maximum atomic E-state index is 14.4. The van der Waals surface area contributed by atoms with Crippen LogP contribution in [-0.4, -0.2) is 58.5 Å². The van der Waals surface area contributed by atoms with E-state index < -0.39 is 11.7 Å². The molecule has 0 unspecified atom stereocenters. The van der Waals surface area contributed by atoms with Crippen LogP contribution in [0.2, 0.25) is 0 Å². The summed E-state index contributed by atoms with van der Waals surface area (Å²) in [6.45, 7) is 6.83. The monoisotopic (exact) mass is 441 g/mol. The lowest BCUT2D eigenvalue weighted by Gasteiger charge is -2.27. The molecule has 0 saturated carbocycles. The molecule has 32 heavy (non-hydrogen) atoms. The second kappa shape index (κ2) is 9.47. The van der Waals surface area contributed by atoms with Gasteiger partial charge in [-0.1, -0.05) is 0 Å². The van der Waals surface area contributed by atoms with Crippen LogP contribution >= 0.6 is 0 Å². The molecule has 1 amide bonds. The number of rotatable bonds is 7. The number of pyridine rings is 1. The first-order chi connectivity index (χ1) is 15.4. The fraction of sp³-hybridized carbons (Fsp3) is 0.455. The van der Waals surface area contributed by atoms with Gasteiger partial charge in [0.05, 0.1) is 18.0 Å². The van der Waals surface area contributed by atoms with Crippen LogP contribution in [0.1, 0.15) is 35.8 Å². The normalized spacial score (nSPS) is 14.5. The van der Waals surface area contributed by atoms with Crippen LogP contribution in [0.3, 0.4) is 0 Å². The lowest BCUT2D eigenvalue weighted by molar-refractivity contribution is 0.102. The lowest BCUT2D eigenvalue weighted by atomic mass is 9.98. The number of anilines is 2. The van der Waals surface area contributed by atoms with Crippen LogP contribution in [0.4, 0.5) is 16.0 Å². The first-order valence-corrected chi connectivity index (χ1v) is 10.8. The molecule has 0 aromatic carbocycles. The van der Waals surface area contributed by atoms with E-state index in [0.717, 1.165) is 32.5 Å². The molecule has 9 nitrogen and oxygen atoms in total. The number of hydrogen-bond donors (Lipinski definition) is 2. The molecule has 1 saturated heterocycles. The number of aryl methyl sites for hydroxylation is 1. The van der Waals surface area contributed by atoms with E-state index in [9.17, 15) is 9.18 Å². The fourth-order valence-corrected chi connectivity index (χ4v) is 3.92. The number of nitrogens with zero attached hydrogens (tertiary/aromatic N) is 5. The van der Waals surface area contributed by atoms with Crippen molar-refractivity contribution in [1.29, 1.82) is 0 Å². The first-order valence-electron chi connectivity index (χ1n) is 10.8. The summed E-state index contributed by atoms with van der Waals surface area (Å²) in [6.07, 6.45) is 6.98. The number of fused-ring (bicyclic) bond motifs is 1. The summed E-state index contributed by atoms with van der Waals surface area (Å²) in [5.74, 6) is 0.278. The van der Waals surface area contributed by atoms with E-state index in [1.54, 1.807) is 23.7 Å². The SMILES string of the molecule is CCOc1nc(N(C)CC2CCNCC2)ncc1C(=O)Nc1cc(F)c2nc(C)cn2c1. The van der Waals surface area contributed by atoms with Crippen molar-refractivity contribution in [3.63, 3.8) is 0 Å². The van der Waals surface area contributed by atoms with Crippen molar-refractivity contribution in [3.8, 4) is 5.88 Å². The summed E-state index contributed by atoms with van der Waals surface area (Å²) in [4.78, 5) is 27.9. The quantitative estimate of drug-likeness (QED) is 0.582. The number of amides is 1. The number of ether oxygens (including phenoxy) is 1. The van der Waals surface area contributed by atoms with Gasteiger partial charge in [0.25, 0.3) is 5.91 Å². The maximum Gasteiger partial charge on any atom is 0.262 e. The number of halogens is 1. The summed E-state index contributed by atoms with van der Waals surface area (Å²) in [7, 11) is 1.94. The number of carbonyl (C=O) groups is 1. The average Bonchev–Trinajstić information content (AvgIpc) is 3.15. The average molecular weight is 442 g/mol. The minimum absolute atomic E-state index is 0.188. The van der Waals surface area contributed by atoms with Crippen LogP contribution in [-0.2, 0) is 0 Å². The molecule has 4 rings (SSSR count). The molecule has 3 aromatic rings. The van der Waals surface area contributed by atoms with E-state index in [0.29, 0.717) is 29.9 Å². The summed E-state index contributed by atoms with van der Waals surface area (Å²) in [5, 5.41) is 6.07. The topological polar surface area (TPSA) is 96.7 Å². The molecule has 1 aliphatic rings. The molecular formula is C22H28FN7O2. The number of imidazole rings is 1. The molecular weight excluding hydrogens is 413 g/mol. The van der Waals surface area contributed by atoms with Gasteiger partial charge in [0.1, 0.15) is 5.56 Å². The molecule has 1 aliphatic heterocycles. The van der Waals surface area contributed by atoms with Crippen molar-refractivity contribution in [2.24, 2.45) is 5.92 Å². The third-order valence-corrected chi connectivity index (χ3v) is 5.48. The van der Waals surface area contributed by atoms with Gasteiger partial charge in [-0.15, -0.1) is 0 Å². The van der Waals surface area contributed by atoms with Crippen molar-refractivity contribution in [3.05, 3.63) is 41.7 Å². The van der Waals surface area contributed by atoms with E-state index in [2.05, 4.69) is 25.6 Å². The Morgan fingerprint density at radius 3 is 2.88 bits per heavy atom. The Hall–Kier alpha value is -3.27. The molecule has 2 N–H and O–H groups in total. The zero-order chi connectivity index (χ0) is 22.7. The predicted molar refractivity (Wildman–Crippen MR) is 120 cm³/mol. The standard InChI is InChI=1S/C22H28FN7O2/c1-4-32-21-17(10-25-22(28-21)29(3)12-15-5-7-24-8-6-15)20(31)27-16-9-18(23)19-26-14(2)11-30(19)13-16/h9-11,13,15,24H,4-8,12H2,1-3H3,(H,27,31). The van der Waals surface area contributed by atoms with Crippen LogP contribution in [0, 0.1) is 18.7 Å². The molecule has 0 spiro atoms. The summed E-state index contributed by atoms with van der Waals surface area (Å²) in [5.41, 5.74) is 1.38. The number of piperidine rings is 1. The van der Waals surface area contributed by atoms with Crippen LogP contribution < -0.4 is 20.3 Å². The third kappa shape index (κ3) is 4.80. The van der Waals surface area contributed by atoms with E-state index in [-0.39, 0.29) is 17.1 Å². The fourth-order valence-electron chi connectivity index (χ4n) is 3.92. The van der Waals surface area contributed by atoms with Crippen molar-refractivity contribution in [2.75, 3.05) is 43.5 Å². The van der Waals surface area contributed by atoms with E-state index in [1.807, 2.05) is 18.9 Å². The molecule has 3 aromatic heterocycles. The van der Waals surface area contributed by atoms with E-state index in [4.69, 9.17) is 4.74 Å².